The summed E-state index contributed by atoms with van der Waals surface area (Å²) in [5.74, 6) is 1.09. The summed E-state index contributed by atoms with van der Waals surface area (Å²) >= 11 is 0. The van der Waals surface area contributed by atoms with E-state index in [0.29, 0.717) is 11.8 Å². The molecule has 5 nitrogen and oxygen atoms in total. The third-order valence-corrected chi connectivity index (χ3v) is 2.80. The molecule has 0 aliphatic carbocycles. The summed E-state index contributed by atoms with van der Waals surface area (Å²) in [7, 11) is 7.82. The Morgan fingerprint density at radius 2 is 1.63 bits per heavy atom. The quantitative estimate of drug-likeness (QED) is 0.909. The van der Waals surface area contributed by atoms with Crippen molar-refractivity contribution in [2.45, 2.75) is 0 Å². The van der Waals surface area contributed by atoms with Crippen LogP contribution >= 0.6 is 0 Å². The predicted octanol–water partition coefficient (Wildman–Crippen LogP) is 1.86. The number of nitrogens with zero attached hydrogens (tertiary/aromatic N) is 4. The number of anilines is 3. The predicted molar refractivity (Wildman–Crippen MR) is 80.5 cm³/mol. The van der Waals surface area contributed by atoms with Crippen LogP contribution < -0.4 is 15.5 Å². The molecule has 0 radical (unpaired) electrons. The van der Waals surface area contributed by atoms with E-state index in [0.717, 1.165) is 16.9 Å². The molecule has 100 valence electrons. The van der Waals surface area contributed by atoms with Crippen LogP contribution in [0.25, 0.3) is 11.3 Å². The van der Waals surface area contributed by atoms with Crippen LogP contribution in [0, 0.1) is 0 Å². The van der Waals surface area contributed by atoms with Gasteiger partial charge in [-0.1, -0.05) is 18.2 Å². The van der Waals surface area contributed by atoms with Crippen molar-refractivity contribution in [3.05, 3.63) is 30.3 Å². The first kappa shape index (κ1) is 13.1. The third kappa shape index (κ3) is 2.76. The molecule has 0 atom stereocenters. The average molecular weight is 257 g/mol. The van der Waals surface area contributed by atoms with Crippen molar-refractivity contribution in [2.24, 2.45) is 0 Å². The van der Waals surface area contributed by atoms with Crippen LogP contribution in [-0.4, -0.2) is 38.2 Å². The number of hydrogen-bond acceptors (Lipinski definition) is 5. The van der Waals surface area contributed by atoms with Crippen molar-refractivity contribution in [1.29, 1.82) is 0 Å². The van der Waals surface area contributed by atoms with Crippen LogP contribution in [0.4, 0.5) is 17.5 Å². The summed E-state index contributed by atoms with van der Waals surface area (Å²) in [6.07, 6.45) is 0. The third-order valence-electron chi connectivity index (χ3n) is 2.80. The molecule has 0 spiro atoms. The Balaban J connectivity index is 2.59. The number of rotatable bonds is 3. The largest absolute Gasteiger partial charge is 0.384 e. The maximum absolute atomic E-state index is 5.87. The van der Waals surface area contributed by atoms with Crippen molar-refractivity contribution in [2.75, 3.05) is 43.7 Å². The van der Waals surface area contributed by atoms with Crippen molar-refractivity contribution in [1.82, 2.24) is 9.97 Å². The highest BCUT2D eigenvalue weighted by molar-refractivity contribution is 5.77. The molecule has 0 saturated carbocycles. The SMILES string of the molecule is CN(C)c1nc(N)cc(-c2ccccc2N(C)C)n1. The van der Waals surface area contributed by atoms with Gasteiger partial charge in [0.2, 0.25) is 5.95 Å². The number of nitrogen functional groups attached to an aromatic ring is 1. The van der Waals surface area contributed by atoms with E-state index in [1.807, 2.05) is 51.3 Å². The lowest BCUT2D eigenvalue weighted by Gasteiger charge is -2.18. The van der Waals surface area contributed by atoms with Crippen molar-refractivity contribution in [3.63, 3.8) is 0 Å². The minimum atomic E-state index is 0.474. The van der Waals surface area contributed by atoms with Crippen LogP contribution in [0.3, 0.4) is 0 Å². The summed E-state index contributed by atoms with van der Waals surface area (Å²) in [6, 6.07) is 9.90. The zero-order chi connectivity index (χ0) is 14.0. The van der Waals surface area contributed by atoms with E-state index in [-0.39, 0.29) is 0 Å². The fourth-order valence-corrected chi connectivity index (χ4v) is 1.87. The summed E-state index contributed by atoms with van der Waals surface area (Å²) in [5, 5.41) is 0. The van der Waals surface area contributed by atoms with Gasteiger partial charge in [0.1, 0.15) is 5.82 Å². The van der Waals surface area contributed by atoms with E-state index >= 15 is 0 Å². The Morgan fingerprint density at radius 1 is 0.947 bits per heavy atom. The molecule has 0 amide bonds. The summed E-state index contributed by atoms with van der Waals surface area (Å²) in [5.41, 5.74) is 8.85. The fourth-order valence-electron chi connectivity index (χ4n) is 1.87. The Morgan fingerprint density at radius 3 is 2.26 bits per heavy atom. The highest BCUT2D eigenvalue weighted by atomic mass is 15.2. The first-order valence-electron chi connectivity index (χ1n) is 6.07. The maximum Gasteiger partial charge on any atom is 0.227 e. The number of aromatic nitrogens is 2. The van der Waals surface area contributed by atoms with Gasteiger partial charge in [-0.2, -0.15) is 4.98 Å². The van der Waals surface area contributed by atoms with Crippen LogP contribution in [0.2, 0.25) is 0 Å². The smallest absolute Gasteiger partial charge is 0.227 e. The molecule has 1 heterocycles. The lowest BCUT2D eigenvalue weighted by Crippen LogP contribution is -2.15. The van der Waals surface area contributed by atoms with Gasteiger partial charge in [-0.25, -0.2) is 4.98 Å². The normalized spacial score (nSPS) is 10.3. The van der Waals surface area contributed by atoms with Crippen molar-refractivity contribution in [3.8, 4) is 11.3 Å². The number of benzene rings is 1. The number of nitrogens with two attached hydrogens (primary N) is 1. The Bertz CT molecular complexity index is 578. The molecule has 0 saturated heterocycles. The molecular formula is C14H19N5. The van der Waals surface area contributed by atoms with E-state index < -0.39 is 0 Å². The van der Waals surface area contributed by atoms with Gasteiger partial charge in [0.05, 0.1) is 5.69 Å². The molecular weight excluding hydrogens is 238 g/mol. The van der Waals surface area contributed by atoms with Gasteiger partial charge >= 0.3 is 0 Å². The maximum atomic E-state index is 5.87. The second-order valence-corrected chi connectivity index (χ2v) is 4.78. The lowest BCUT2D eigenvalue weighted by atomic mass is 10.1. The fraction of sp³-hybridized carbons (Fsp3) is 0.286. The van der Waals surface area contributed by atoms with Crippen molar-refractivity contribution >= 4 is 17.5 Å². The standard InChI is InChI=1S/C14H19N5/c1-18(2)12-8-6-5-7-10(12)11-9-13(15)17-14(16-11)19(3)4/h5-9H,1-4H3,(H2,15,16,17). The molecule has 0 aliphatic rings. The molecule has 0 fully saturated rings. The molecule has 5 heteroatoms. The van der Waals surface area contributed by atoms with Gasteiger partial charge in [0, 0.05) is 45.5 Å². The van der Waals surface area contributed by atoms with E-state index in [4.69, 9.17) is 5.73 Å². The van der Waals surface area contributed by atoms with Crippen LogP contribution in [0.5, 0.6) is 0 Å². The molecule has 1 aromatic carbocycles. The summed E-state index contributed by atoms with van der Waals surface area (Å²) in [6.45, 7) is 0. The molecule has 19 heavy (non-hydrogen) atoms. The van der Waals surface area contributed by atoms with Gasteiger partial charge in [-0.3, -0.25) is 0 Å². The Hall–Kier alpha value is -2.30. The number of hydrogen-bond donors (Lipinski definition) is 1. The first-order valence-corrected chi connectivity index (χ1v) is 6.07. The van der Waals surface area contributed by atoms with Crippen LogP contribution in [0.15, 0.2) is 30.3 Å². The molecule has 0 bridgehead atoms. The van der Waals surface area contributed by atoms with E-state index in [1.165, 1.54) is 0 Å². The minimum Gasteiger partial charge on any atom is -0.384 e. The van der Waals surface area contributed by atoms with Crippen molar-refractivity contribution < 1.29 is 0 Å². The number of para-hydroxylation sites is 1. The topological polar surface area (TPSA) is 58.3 Å². The second-order valence-electron chi connectivity index (χ2n) is 4.78. The van der Waals surface area contributed by atoms with E-state index in [9.17, 15) is 0 Å². The van der Waals surface area contributed by atoms with Gasteiger partial charge in [0.15, 0.2) is 0 Å². The first-order chi connectivity index (χ1) is 8.99. The highest BCUT2D eigenvalue weighted by Gasteiger charge is 2.11. The molecule has 0 unspecified atom stereocenters. The van der Waals surface area contributed by atoms with Crippen LogP contribution in [-0.2, 0) is 0 Å². The van der Waals surface area contributed by atoms with E-state index in [1.54, 1.807) is 6.07 Å². The highest BCUT2D eigenvalue weighted by Crippen LogP contribution is 2.29. The van der Waals surface area contributed by atoms with Crippen LogP contribution in [0.1, 0.15) is 0 Å². The molecule has 0 aliphatic heterocycles. The summed E-state index contributed by atoms with van der Waals surface area (Å²) in [4.78, 5) is 12.7. The Kier molecular flexibility index (Phi) is 3.55. The molecule has 2 N–H and O–H groups in total. The Labute approximate surface area is 113 Å². The summed E-state index contributed by atoms with van der Waals surface area (Å²) < 4.78 is 0. The zero-order valence-electron chi connectivity index (χ0n) is 11.8. The van der Waals surface area contributed by atoms with Gasteiger partial charge in [-0.15, -0.1) is 0 Å². The zero-order valence-corrected chi connectivity index (χ0v) is 11.8. The van der Waals surface area contributed by atoms with Gasteiger partial charge in [-0.05, 0) is 6.07 Å². The molecule has 2 rings (SSSR count). The lowest BCUT2D eigenvalue weighted by molar-refractivity contribution is 1.00. The molecule has 1 aromatic heterocycles. The van der Waals surface area contributed by atoms with E-state index in [2.05, 4.69) is 20.9 Å². The average Bonchev–Trinajstić information content (AvgIpc) is 2.37. The van der Waals surface area contributed by atoms with Gasteiger partial charge in [0.25, 0.3) is 0 Å². The second kappa shape index (κ2) is 5.14. The molecule has 2 aromatic rings. The van der Waals surface area contributed by atoms with Gasteiger partial charge < -0.3 is 15.5 Å². The monoisotopic (exact) mass is 257 g/mol. The minimum absolute atomic E-state index is 0.474.